The van der Waals surface area contributed by atoms with Crippen LogP contribution in [0.3, 0.4) is 0 Å². The number of rotatable bonds is 8. The van der Waals surface area contributed by atoms with Crippen LogP contribution in [0.5, 0.6) is 0 Å². The average molecular weight is 386 g/mol. The number of carboxylic acid groups (broad SMARTS) is 1. The minimum atomic E-state index is -1.61. The number of carbonyl (C=O) groups is 2. The van der Waals surface area contributed by atoms with E-state index >= 15 is 0 Å². The van der Waals surface area contributed by atoms with Crippen LogP contribution in [0.15, 0.2) is 29.3 Å². The van der Waals surface area contributed by atoms with Crippen LogP contribution in [0.2, 0.25) is 0 Å². The molecule has 2 rings (SSSR count). The van der Waals surface area contributed by atoms with E-state index in [1.54, 1.807) is 0 Å². The van der Waals surface area contributed by atoms with Gasteiger partial charge < -0.3 is 35.8 Å². The second-order valence-electron chi connectivity index (χ2n) is 5.87. The zero-order chi connectivity index (χ0) is 19.3. The lowest BCUT2D eigenvalue weighted by Crippen LogP contribution is -2.62. The first-order valence-corrected chi connectivity index (χ1v) is 8.83. The van der Waals surface area contributed by atoms with Crippen LogP contribution >= 0.6 is 11.3 Å². The maximum atomic E-state index is 11.6. The smallest absolute Gasteiger partial charge is 0.370 e. The molecule has 1 aromatic heterocycles. The van der Waals surface area contributed by atoms with Gasteiger partial charge in [0.25, 0.3) is 0 Å². The summed E-state index contributed by atoms with van der Waals surface area (Å²) in [5, 5.41) is 46.0. The first kappa shape index (κ1) is 20.3. The number of hydrogen-bond donors (Lipinski definition) is 6. The predicted octanol–water partition coefficient (Wildman–Crippen LogP) is -1.21. The van der Waals surface area contributed by atoms with Gasteiger partial charge in [-0.05, 0) is 17.5 Å². The van der Waals surface area contributed by atoms with Crippen LogP contribution < -0.4 is 10.6 Å². The number of carboxylic acids is 1. The summed E-state index contributed by atoms with van der Waals surface area (Å²) in [5.74, 6) is -2.17. The van der Waals surface area contributed by atoms with E-state index in [-0.39, 0.29) is 0 Å². The Labute approximate surface area is 153 Å². The molecule has 1 amide bonds. The van der Waals surface area contributed by atoms with Crippen molar-refractivity contribution in [2.45, 2.75) is 43.9 Å². The minimum Gasteiger partial charge on any atom is -0.478 e. The van der Waals surface area contributed by atoms with Gasteiger partial charge in [-0.3, -0.25) is 4.79 Å². The zero-order valence-corrected chi connectivity index (χ0v) is 14.8. The Morgan fingerprint density at radius 1 is 1.38 bits per heavy atom. The summed E-state index contributed by atoms with van der Waals surface area (Å²) in [4.78, 5) is 24.0. The van der Waals surface area contributed by atoms with Gasteiger partial charge in [0, 0.05) is 18.3 Å². The number of aliphatic hydroxyl groups is 3. The highest BCUT2D eigenvalue weighted by atomic mass is 32.1. The van der Waals surface area contributed by atoms with E-state index < -0.39 is 54.6 Å². The Morgan fingerprint density at radius 2 is 2.12 bits per heavy atom. The molecule has 0 aliphatic carbocycles. The third-order valence-corrected chi connectivity index (χ3v) is 4.80. The van der Waals surface area contributed by atoms with Crippen LogP contribution in [0.4, 0.5) is 0 Å². The van der Waals surface area contributed by atoms with E-state index in [1.165, 1.54) is 24.3 Å². The van der Waals surface area contributed by atoms with Gasteiger partial charge in [0.1, 0.15) is 18.3 Å². The van der Waals surface area contributed by atoms with Gasteiger partial charge in [-0.2, -0.15) is 0 Å². The third kappa shape index (κ3) is 5.02. The van der Waals surface area contributed by atoms with E-state index in [2.05, 4.69) is 10.6 Å². The average Bonchev–Trinajstić information content (AvgIpc) is 3.12. The Morgan fingerprint density at radius 3 is 2.65 bits per heavy atom. The molecule has 0 fully saturated rings. The molecule has 0 saturated carbocycles. The molecule has 2 heterocycles. The van der Waals surface area contributed by atoms with E-state index in [0.717, 1.165) is 4.88 Å². The summed E-state index contributed by atoms with van der Waals surface area (Å²) in [6.07, 6.45) is -3.11. The Kier molecular flexibility index (Phi) is 7.12. The van der Waals surface area contributed by atoms with Gasteiger partial charge in [-0.15, -0.1) is 11.3 Å². The lowest BCUT2D eigenvalue weighted by Gasteiger charge is -2.40. The van der Waals surface area contributed by atoms with Crippen LogP contribution in [-0.2, 0) is 20.9 Å². The lowest BCUT2D eigenvalue weighted by atomic mass is 9.92. The van der Waals surface area contributed by atoms with Crippen LogP contribution in [0.1, 0.15) is 11.8 Å². The van der Waals surface area contributed by atoms with E-state index in [4.69, 9.17) is 9.84 Å². The molecule has 144 valence electrons. The topological polar surface area (TPSA) is 148 Å². The quantitative estimate of drug-likeness (QED) is 0.326. The molecule has 10 heteroatoms. The van der Waals surface area contributed by atoms with Gasteiger partial charge in [0.05, 0.1) is 18.7 Å². The molecule has 1 aromatic rings. The maximum absolute atomic E-state index is 11.6. The van der Waals surface area contributed by atoms with E-state index in [0.29, 0.717) is 6.54 Å². The molecule has 1 aliphatic rings. The number of amides is 1. The SMILES string of the molecule is CC(=O)N[C@@H]1[C@@H](NCc2cccs2)C=C(C(=O)O)O[C@H]1C(O)C(O)CO. The Bertz CT molecular complexity index is 649. The van der Waals surface area contributed by atoms with E-state index in [1.807, 2.05) is 17.5 Å². The second kappa shape index (κ2) is 9.10. The third-order valence-electron chi connectivity index (χ3n) is 3.93. The molecule has 2 unspecified atom stereocenters. The number of aliphatic carboxylic acids is 1. The highest BCUT2D eigenvalue weighted by Crippen LogP contribution is 2.23. The summed E-state index contributed by atoms with van der Waals surface area (Å²) in [6.45, 7) is 0.944. The molecule has 6 N–H and O–H groups in total. The fraction of sp³-hybridized carbons (Fsp3) is 0.500. The number of carbonyl (C=O) groups excluding carboxylic acids is 1. The van der Waals surface area contributed by atoms with Gasteiger partial charge in [-0.1, -0.05) is 6.07 Å². The first-order valence-electron chi connectivity index (χ1n) is 7.95. The van der Waals surface area contributed by atoms with Crippen LogP contribution in [0.25, 0.3) is 0 Å². The molecule has 0 radical (unpaired) electrons. The molecule has 0 aromatic carbocycles. The van der Waals surface area contributed by atoms with Crippen LogP contribution in [0, 0.1) is 0 Å². The van der Waals surface area contributed by atoms with Crippen molar-refractivity contribution in [2.24, 2.45) is 0 Å². The number of hydrogen-bond acceptors (Lipinski definition) is 8. The monoisotopic (exact) mass is 386 g/mol. The first-order chi connectivity index (χ1) is 12.3. The predicted molar refractivity (Wildman–Crippen MR) is 92.2 cm³/mol. The largest absolute Gasteiger partial charge is 0.478 e. The number of thiophene rings is 1. The van der Waals surface area contributed by atoms with Crippen molar-refractivity contribution in [2.75, 3.05) is 6.61 Å². The number of aliphatic hydroxyl groups excluding tert-OH is 3. The Hall–Kier alpha value is -1.98. The summed E-state index contributed by atoms with van der Waals surface area (Å²) in [7, 11) is 0. The Balaban J connectivity index is 2.29. The maximum Gasteiger partial charge on any atom is 0.370 e. The normalized spacial score (nSPS) is 24.9. The minimum absolute atomic E-state index is 0.410. The number of ether oxygens (including phenoxy) is 1. The summed E-state index contributed by atoms with van der Waals surface area (Å²) >= 11 is 1.51. The molecule has 9 nitrogen and oxygen atoms in total. The molecule has 26 heavy (non-hydrogen) atoms. The van der Waals surface area contributed by atoms with Gasteiger partial charge in [0.15, 0.2) is 0 Å². The molecular formula is C16H22N2O7S. The highest BCUT2D eigenvalue weighted by molar-refractivity contribution is 7.09. The van der Waals surface area contributed by atoms with Crippen LogP contribution in [-0.4, -0.2) is 69.3 Å². The summed E-state index contributed by atoms with van der Waals surface area (Å²) < 4.78 is 5.30. The van der Waals surface area contributed by atoms with Crippen molar-refractivity contribution in [3.63, 3.8) is 0 Å². The fourth-order valence-corrected chi connectivity index (χ4v) is 3.34. The molecule has 1 aliphatic heterocycles. The molecular weight excluding hydrogens is 364 g/mol. The second-order valence-corrected chi connectivity index (χ2v) is 6.90. The van der Waals surface area contributed by atoms with Gasteiger partial charge >= 0.3 is 5.97 Å². The standard InChI is InChI=1S/C16H22N2O7S/c1-8(20)18-13-10(17-6-9-3-2-4-26-9)5-12(16(23)24)25-15(13)14(22)11(21)7-19/h2-5,10-11,13-15,17,19,21-22H,6-7H2,1H3,(H,18,20)(H,23,24)/t10-,11?,13+,14?,15+/m0/s1. The van der Waals surface area contributed by atoms with E-state index in [9.17, 15) is 24.9 Å². The van der Waals surface area contributed by atoms with Gasteiger partial charge in [-0.25, -0.2) is 4.79 Å². The molecule has 0 bridgehead atoms. The molecule has 5 atom stereocenters. The molecule has 0 saturated heterocycles. The van der Waals surface area contributed by atoms with Crippen molar-refractivity contribution < 1.29 is 34.8 Å². The van der Waals surface area contributed by atoms with Crippen molar-refractivity contribution in [1.82, 2.24) is 10.6 Å². The van der Waals surface area contributed by atoms with Crippen molar-refractivity contribution in [3.8, 4) is 0 Å². The lowest BCUT2D eigenvalue weighted by molar-refractivity contribution is -0.146. The zero-order valence-electron chi connectivity index (χ0n) is 14.0. The van der Waals surface area contributed by atoms with Crippen molar-refractivity contribution in [3.05, 3.63) is 34.2 Å². The van der Waals surface area contributed by atoms with Crippen molar-refractivity contribution >= 4 is 23.2 Å². The summed E-state index contributed by atoms with van der Waals surface area (Å²) in [5.41, 5.74) is 0. The van der Waals surface area contributed by atoms with Crippen molar-refractivity contribution in [1.29, 1.82) is 0 Å². The van der Waals surface area contributed by atoms with Gasteiger partial charge in [0.2, 0.25) is 11.7 Å². The highest BCUT2D eigenvalue weighted by Gasteiger charge is 2.43. The molecule has 0 spiro atoms. The fourth-order valence-electron chi connectivity index (χ4n) is 2.69. The number of nitrogens with one attached hydrogen (secondary N) is 2. The summed E-state index contributed by atoms with van der Waals surface area (Å²) in [6, 6.07) is 2.24.